The van der Waals surface area contributed by atoms with Crippen LogP contribution in [0.3, 0.4) is 0 Å². The van der Waals surface area contributed by atoms with E-state index in [1.807, 2.05) is 23.1 Å². The van der Waals surface area contributed by atoms with Crippen molar-refractivity contribution < 1.29 is 4.74 Å². The lowest BCUT2D eigenvalue weighted by Gasteiger charge is -2.35. The first-order chi connectivity index (χ1) is 12.1. The smallest absolute Gasteiger partial charge is 0.191 e. The largest absolute Gasteiger partial charge is 0.381 e. The molecule has 0 radical (unpaired) electrons. The van der Waals surface area contributed by atoms with E-state index in [0.29, 0.717) is 6.04 Å². The normalized spacial score (nSPS) is 18.8. The summed E-state index contributed by atoms with van der Waals surface area (Å²) in [5, 5.41) is 6.98. The van der Waals surface area contributed by atoms with Crippen molar-refractivity contribution in [1.82, 2.24) is 10.6 Å². The van der Waals surface area contributed by atoms with Gasteiger partial charge in [0.1, 0.15) is 0 Å². The summed E-state index contributed by atoms with van der Waals surface area (Å²) >= 11 is 3.92. The van der Waals surface area contributed by atoms with E-state index in [0.717, 1.165) is 57.3 Å². The zero-order valence-electron chi connectivity index (χ0n) is 16.1. The third-order valence-corrected chi connectivity index (χ3v) is 6.87. The topological polar surface area (TPSA) is 45.7 Å². The Kier molecular flexibility index (Phi) is 8.59. The quantitative estimate of drug-likeness (QED) is 0.529. The van der Waals surface area contributed by atoms with Gasteiger partial charge < -0.3 is 15.4 Å². The van der Waals surface area contributed by atoms with E-state index in [2.05, 4.69) is 50.5 Å². The number of thiophene rings is 1. The number of hydrogen-bond acceptors (Lipinski definition) is 4. The van der Waals surface area contributed by atoms with Crippen LogP contribution >= 0.6 is 23.1 Å². The first-order valence-electron chi connectivity index (χ1n) is 9.39. The molecule has 0 aliphatic carbocycles. The Balaban J connectivity index is 1.96. The van der Waals surface area contributed by atoms with E-state index in [9.17, 15) is 0 Å². The second kappa shape index (κ2) is 10.4. The fourth-order valence-electron chi connectivity index (χ4n) is 3.12. The predicted molar refractivity (Wildman–Crippen MR) is 112 cm³/mol. The van der Waals surface area contributed by atoms with Crippen LogP contribution in [0.15, 0.2) is 17.1 Å². The SMILES string of the molecule is CCNC(=NCC1(SCC)CCOCC1)NC(C)Cc1ccc(C)s1. The number of nitrogens with one attached hydrogen (secondary N) is 2. The molecule has 1 aliphatic heterocycles. The Morgan fingerprint density at radius 1 is 1.36 bits per heavy atom. The van der Waals surface area contributed by atoms with Crippen LogP contribution in [0.4, 0.5) is 0 Å². The maximum absolute atomic E-state index is 5.57. The summed E-state index contributed by atoms with van der Waals surface area (Å²) < 4.78 is 5.81. The zero-order valence-corrected chi connectivity index (χ0v) is 17.7. The number of nitrogens with zero attached hydrogens (tertiary/aromatic N) is 1. The number of aliphatic imine (C=N–C) groups is 1. The van der Waals surface area contributed by atoms with Gasteiger partial charge in [-0.1, -0.05) is 6.92 Å². The number of aryl methyl sites for hydroxylation is 1. The molecule has 1 aliphatic rings. The minimum absolute atomic E-state index is 0.240. The van der Waals surface area contributed by atoms with Gasteiger partial charge in [0.05, 0.1) is 6.54 Å². The fourth-order valence-corrected chi connectivity index (χ4v) is 5.36. The Morgan fingerprint density at radius 2 is 2.12 bits per heavy atom. The molecule has 4 nitrogen and oxygen atoms in total. The number of hydrogen-bond donors (Lipinski definition) is 2. The number of ether oxygens (including phenoxy) is 1. The first kappa shape index (κ1) is 20.6. The lowest BCUT2D eigenvalue weighted by molar-refractivity contribution is 0.0793. The molecule has 1 unspecified atom stereocenters. The molecule has 6 heteroatoms. The van der Waals surface area contributed by atoms with E-state index in [1.165, 1.54) is 9.75 Å². The monoisotopic (exact) mass is 383 g/mol. The molecule has 0 amide bonds. The summed E-state index contributed by atoms with van der Waals surface area (Å²) in [5.74, 6) is 2.07. The van der Waals surface area contributed by atoms with Gasteiger partial charge in [0, 0.05) is 46.7 Å². The van der Waals surface area contributed by atoms with Crippen molar-refractivity contribution in [3.63, 3.8) is 0 Å². The van der Waals surface area contributed by atoms with Gasteiger partial charge in [-0.15, -0.1) is 11.3 Å². The standard InChI is InChI=1S/C19H33N3OS2/c1-5-20-18(22-15(3)13-17-8-7-16(4)25-17)21-14-19(24-6-2)9-11-23-12-10-19/h7-8,15H,5-6,9-14H2,1-4H3,(H2,20,21,22). The highest BCUT2D eigenvalue weighted by Gasteiger charge is 2.32. The maximum atomic E-state index is 5.57. The Labute approximate surface area is 161 Å². The van der Waals surface area contributed by atoms with Gasteiger partial charge in [-0.05, 0) is 51.5 Å². The highest BCUT2D eigenvalue weighted by Crippen LogP contribution is 2.35. The zero-order chi connectivity index (χ0) is 18.1. The van der Waals surface area contributed by atoms with Gasteiger partial charge in [-0.2, -0.15) is 11.8 Å². The lowest BCUT2D eigenvalue weighted by Crippen LogP contribution is -2.44. The van der Waals surface area contributed by atoms with E-state index in [-0.39, 0.29) is 4.75 Å². The van der Waals surface area contributed by atoms with Crippen molar-refractivity contribution in [3.05, 3.63) is 21.9 Å². The minimum Gasteiger partial charge on any atom is -0.381 e. The third kappa shape index (κ3) is 6.83. The minimum atomic E-state index is 0.240. The molecule has 1 aromatic rings. The number of rotatable bonds is 8. The van der Waals surface area contributed by atoms with Crippen LogP contribution in [-0.4, -0.2) is 48.8 Å². The highest BCUT2D eigenvalue weighted by atomic mass is 32.2. The molecule has 0 saturated carbocycles. The third-order valence-electron chi connectivity index (χ3n) is 4.41. The highest BCUT2D eigenvalue weighted by molar-refractivity contribution is 8.00. The summed E-state index contributed by atoms with van der Waals surface area (Å²) in [5.41, 5.74) is 0. The van der Waals surface area contributed by atoms with Crippen LogP contribution in [-0.2, 0) is 11.2 Å². The predicted octanol–water partition coefficient (Wildman–Crippen LogP) is 3.84. The van der Waals surface area contributed by atoms with Crippen molar-refractivity contribution in [3.8, 4) is 0 Å². The van der Waals surface area contributed by atoms with E-state index >= 15 is 0 Å². The molecule has 1 fully saturated rings. The van der Waals surface area contributed by atoms with Crippen molar-refractivity contribution in [2.24, 2.45) is 4.99 Å². The molecule has 0 bridgehead atoms. The maximum Gasteiger partial charge on any atom is 0.191 e. The van der Waals surface area contributed by atoms with Crippen LogP contribution in [0.2, 0.25) is 0 Å². The molecule has 142 valence electrons. The van der Waals surface area contributed by atoms with Gasteiger partial charge in [0.2, 0.25) is 0 Å². The van der Waals surface area contributed by atoms with Crippen molar-refractivity contribution in [2.75, 3.05) is 32.1 Å². The van der Waals surface area contributed by atoms with E-state index in [1.54, 1.807) is 0 Å². The van der Waals surface area contributed by atoms with Gasteiger partial charge in [-0.25, -0.2) is 0 Å². The van der Waals surface area contributed by atoms with Crippen LogP contribution in [0.25, 0.3) is 0 Å². The average Bonchev–Trinajstić information content (AvgIpc) is 2.99. The van der Waals surface area contributed by atoms with Crippen molar-refractivity contribution in [1.29, 1.82) is 0 Å². The molecule has 2 rings (SSSR count). The molecular weight excluding hydrogens is 350 g/mol. The first-order valence-corrected chi connectivity index (χ1v) is 11.2. The Bertz CT molecular complexity index is 533. The van der Waals surface area contributed by atoms with Gasteiger partial charge in [0.25, 0.3) is 0 Å². The average molecular weight is 384 g/mol. The van der Waals surface area contributed by atoms with Gasteiger partial charge >= 0.3 is 0 Å². The lowest BCUT2D eigenvalue weighted by atomic mass is 9.99. The van der Waals surface area contributed by atoms with E-state index in [4.69, 9.17) is 9.73 Å². The molecule has 0 aromatic carbocycles. The van der Waals surface area contributed by atoms with Gasteiger partial charge in [0.15, 0.2) is 5.96 Å². The second-order valence-electron chi connectivity index (χ2n) is 6.69. The molecule has 1 aromatic heterocycles. The Hall–Kier alpha value is -0.720. The number of thioether (sulfide) groups is 1. The van der Waals surface area contributed by atoms with Crippen LogP contribution in [0.1, 0.15) is 43.4 Å². The summed E-state index contributed by atoms with van der Waals surface area (Å²) in [6, 6.07) is 4.79. The van der Waals surface area contributed by atoms with Gasteiger partial charge in [-0.3, -0.25) is 4.99 Å². The molecule has 25 heavy (non-hydrogen) atoms. The number of guanidine groups is 1. The molecule has 1 atom stereocenters. The van der Waals surface area contributed by atoms with Crippen LogP contribution < -0.4 is 10.6 Å². The summed E-state index contributed by atoms with van der Waals surface area (Å²) in [4.78, 5) is 7.74. The second-order valence-corrected chi connectivity index (χ2v) is 9.79. The van der Waals surface area contributed by atoms with Crippen molar-refractivity contribution in [2.45, 2.75) is 57.7 Å². The van der Waals surface area contributed by atoms with Crippen molar-refractivity contribution >= 4 is 29.1 Å². The molecule has 2 N–H and O–H groups in total. The molecule has 0 spiro atoms. The molecule has 1 saturated heterocycles. The Morgan fingerprint density at radius 3 is 2.72 bits per heavy atom. The van der Waals surface area contributed by atoms with Crippen LogP contribution in [0, 0.1) is 6.92 Å². The molecule has 2 heterocycles. The summed E-state index contributed by atoms with van der Waals surface area (Å²) in [7, 11) is 0. The summed E-state index contributed by atoms with van der Waals surface area (Å²) in [6.07, 6.45) is 3.22. The van der Waals surface area contributed by atoms with E-state index < -0.39 is 0 Å². The molecular formula is C19H33N3OS2. The fraction of sp³-hybridized carbons (Fsp3) is 0.737. The summed E-state index contributed by atoms with van der Waals surface area (Å²) in [6.45, 7) is 12.2. The van der Waals surface area contributed by atoms with Crippen LogP contribution in [0.5, 0.6) is 0 Å².